The van der Waals surface area contributed by atoms with E-state index in [-0.39, 0.29) is 22.7 Å². The minimum absolute atomic E-state index is 0.226. The standard InChI is InChI=1S/C32H40BF2N3O3/c1-6-8-10-11-13-23(12-9-7-2)20-41-30-19-28(24-14-15-25-26(17-24)32(40)36(5)31(25)39)38-29(30)18-27-21(3)16-22(4)37(27)33(38,34)35/h14-19,23H,6-13,20H2,1-5H3. The van der Waals surface area contributed by atoms with Gasteiger partial charge in [0.1, 0.15) is 0 Å². The highest BCUT2D eigenvalue weighted by Gasteiger charge is 2.55. The molecule has 3 aliphatic rings. The summed E-state index contributed by atoms with van der Waals surface area (Å²) in [5.74, 6) is -0.0482. The van der Waals surface area contributed by atoms with Crippen LogP contribution in [0.25, 0.3) is 6.08 Å². The Labute approximate surface area is 241 Å². The highest BCUT2D eigenvalue weighted by molar-refractivity contribution is 6.58. The smallest absolute Gasteiger partial charge is 0.487 e. The van der Waals surface area contributed by atoms with Crippen LogP contribution >= 0.6 is 0 Å². The Morgan fingerprint density at radius 1 is 0.927 bits per heavy atom. The van der Waals surface area contributed by atoms with Crippen LogP contribution in [0.3, 0.4) is 0 Å². The number of allylic oxidation sites excluding steroid dienone is 1. The van der Waals surface area contributed by atoms with E-state index in [0.29, 0.717) is 40.9 Å². The first-order chi connectivity index (χ1) is 19.6. The predicted octanol–water partition coefficient (Wildman–Crippen LogP) is 7.10. The van der Waals surface area contributed by atoms with Gasteiger partial charge in [0.05, 0.1) is 23.8 Å². The summed E-state index contributed by atoms with van der Waals surface area (Å²) in [5.41, 5.74) is 3.29. The lowest BCUT2D eigenvalue weighted by molar-refractivity contribution is -0.365. The molecule has 41 heavy (non-hydrogen) atoms. The number of amides is 2. The number of imide groups is 1. The zero-order valence-corrected chi connectivity index (χ0v) is 24.8. The number of hydrogen-bond donors (Lipinski definition) is 0. The molecule has 9 heteroatoms. The number of benzene rings is 1. The summed E-state index contributed by atoms with van der Waals surface area (Å²) in [6.07, 6.45) is 12.5. The van der Waals surface area contributed by atoms with Gasteiger partial charge in [0, 0.05) is 24.4 Å². The van der Waals surface area contributed by atoms with Crippen LogP contribution in [0, 0.1) is 19.8 Å². The van der Waals surface area contributed by atoms with Crippen molar-refractivity contribution in [3.05, 3.63) is 75.4 Å². The number of hydrogen-bond acceptors (Lipinski definition) is 3. The summed E-state index contributed by atoms with van der Waals surface area (Å²) in [6.45, 7) is 4.13. The quantitative estimate of drug-likeness (QED) is 0.157. The van der Waals surface area contributed by atoms with Crippen molar-refractivity contribution in [1.82, 2.24) is 9.38 Å². The van der Waals surface area contributed by atoms with E-state index in [9.17, 15) is 9.59 Å². The van der Waals surface area contributed by atoms with E-state index in [2.05, 4.69) is 13.8 Å². The number of halogens is 2. The second-order valence-electron chi connectivity index (χ2n) is 11.7. The maximum Gasteiger partial charge on any atom is 0.737 e. The summed E-state index contributed by atoms with van der Waals surface area (Å²) in [7, 11) is 1.43. The Bertz CT molecular complexity index is 1490. The number of aryl methyl sites for hydroxylation is 2. The molecule has 5 rings (SSSR count). The molecule has 3 aliphatic heterocycles. The van der Waals surface area contributed by atoms with Crippen molar-refractivity contribution in [2.45, 2.75) is 79.1 Å². The van der Waals surface area contributed by atoms with Crippen LogP contribution in [0.4, 0.5) is 8.63 Å². The Hall–Kier alpha value is -3.49. The van der Waals surface area contributed by atoms with Gasteiger partial charge in [-0.05, 0) is 68.1 Å². The zero-order chi connectivity index (χ0) is 29.5. The first kappa shape index (κ1) is 29.0. The van der Waals surface area contributed by atoms with Crippen molar-refractivity contribution >= 4 is 30.6 Å². The molecule has 0 spiro atoms. The third-order valence-corrected chi connectivity index (χ3v) is 8.69. The fourth-order valence-corrected chi connectivity index (χ4v) is 6.40. The van der Waals surface area contributed by atoms with Gasteiger partial charge in [-0.25, -0.2) is 0 Å². The van der Waals surface area contributed by atoms with Crippen LogP contribution < -0.4 is 0 Å². The first-order valence-corrected chi connectivity index (χ1v) is 15.0. The van der Waals surface area contributed by atoms with E-state index in [1.54, 1.807) is 43.3 Å². The second kappa shape index (κ2) is 11.4. The van der Waals surface area contributed by atoms with Gasteiger partial charge in [-0.3, -0.25) is 14.5 Å². The molecule has 218 valence electrons. The maximum atomic E-state index is 16.5. The number of ether oxygens (including phenoxy) is 1. The normalized spacial score (nSPS) is 17.9. The molecule has 0 bridgehead atoms. The molecule has 1 atom stereocenters. The fourth-order valence-electron chi connectivity index (χ4n) is 6.40. The minimum Gasteiger partial charge on any atom is -0.487 e. The third kappa shape index (κ3) is 5.08. The molecule has 4 heterocycles. The Morgan fingerprint density at radius 3 is 2.37 bits per heavy atom. The van der Waals surface area contributed by atoms with E-state index < -0.39 is 12.9 Å². The number of nitrogens with zero attached hydrogens (tertiary/aromatic N) is 3. The van der Waals surface area contributed by atoms with E-state index in [1.165, 1.54) is 26.3 Å². The zero-order valence-electron chi connectivity index (χ0n) is 24.8. The molecule has 1 aromatic carbocycles. The van der Waals surface area contributed by atoms with Crippen molar-refractivity contribution in [2.75, 3.05) is 13.7 Å². The predicted molar refractivity (Wildman–Crippen MR) is 158 cm³/mol. The second-order valence-corrected chi connectivity index (χ2v) is 11.7. The van der Waals surface area contributed by atoms with Crippen LogP contribution in [-0.4, -0.2) is 52.0 Å². The van der Waals surface area contributed by atoms with E-state index in [4.69, 9.17) is 4.74 Å². The monoisotopic (exact) mass is 563 g/mol. The molecule has 0 saturated heterocycles. The van der Waals surface area contributed by atoms with Gasteiger partial charge in [0.2, 0.25) is 5.70 Å². The van der Waals surface area contributed by atoms with Crippen LogP contribution in [-0.2, 0) is 4.74 Å². The number of carbonyl (C=O) groups is 2. The lowest BCUT2D eigenvalue weighted by Gasteiger charge is -2.31. The van der Waals surface area contributed by atoms with Gasteiger partial charge in [-0.2, -0.15) is 0 Å². The van der Waals surface area contributed by atoms with Crippen LogP contribution in [0.5, 0.6) is 0 Å². The van der Waals surface area contributed by atoms with E-state index >= 15 is 8.63 Å². The van der Waals surface area contributed by atoms with Crippen molar-refractivity contribution in [1.29, 1.82) is 0 Å². The molecule has 1 unspecified atom stereocenters. The van der Waals surface area contributed by atoms with Gasteiger partial charge in [0.25, 0.3) is 11.8 Å². The number of aromatic nitrogens is 1. The number of unbranched alkanes of at least 4 members (excludes halogenated alkanes) is 4. The summed E-state index contributed by atoms with van der Waals surface area (Å²) in [6, 6.07) is 6.53. The van der Waals surface area contributed by atoms with Gasteiger partial charge in [-0.15, -0.1) is 0 Å². The van der Waals surface area contributed by atoms with Crippen molar-refractivity contribution in [3.8, 4) is 0 Å². The minimum atomic E-state index is -4.25. The Morgan fingerprint density at radius 2 is 1.63 bits per heavy atom. The molecule has 0 fully saturated rings. The number of carbonyl (C=O) groups excluding carboxylic acids is 2. The highest BCUT2D eigenvalue weighted by atomic mass is 19.2. The molecule has 2 aromatic rings. The average molecular weight is 563 g/mol. The topological polar surface area (TPSA) is 54.5 Å². The first-order valence-electron chi connectivity index (χ1n) is 15.0. The SMILES string of the molecule is CCCCCCC(CCCC)COC1=CC(c2ccc3c(c2)C(=O)N(C)C3=O)=[N+]2C1=Cc1c(C)cc(C)n1[B-]2(F)F. The van der Waals surface area contributed by atoms with E-state index in [0.717, 1.165) is 51.5 Å². The Kier molecular flexibility index (Phi) is 8.08. The molecule has 6 nitrogen and oxygen atoms in total. The molecule has 0 radical (unpaired) electrons. The lowest BCUT2D eigenvalue weighted by atomic mass is 9.89. The number of fused-ring (bicyclic) bond motifs is 3. The Balaban J connectivity index is 1.54. The maximum absolute atomic E-state index is 16.5. The van der Waals surface area contributed by atoms with Crippen LogP contribution in [0.15, 0.2) is 41.8 Å². The third-order valence-electron chi connectivity index (χ3n) is 8.69. The van der Waals surface area contributed by atoms with Crippen molar-refractivity contribution < 1.29 is 27.4 Å². The number of rotatable bonds is 12. The molecule has 0 saturated carbocycles. The molecule has 0 N–H and O–H groups in total. The summed E-state index contributed by atoms with van der Waals surface area (Å²) < 4.78 is 41.6. The van der Waals surface area contributed by atoms with Crippen molar-refractivity contribution in [3.63, 3.8) is 0 Å². The lowest BCUT2D eigenvalue weighted by Crippen LogP contribution is -2.51. The van der Waals surface area contributed by atoms with Gasteiger partial charge < -0.3 is 22.3 Å². The average Bonchev–Trinajstić information content (AvgIpc) is 3.54. The van der Waals surface area contributed by atoms with Crippen LogP contribution in [0.2, 0.25) is 0 Å². The molecular formula is C32H40BF2N3O3. The van der Waals surface area contributed by atoms with Gasteiger partial charge in [0.15, 0.2) is 11.5 Å². The van der Waals surface area contributed by atoms with Crippen molar-refractivity contribution in [2.24, 2.45) is 5.92 Å². The van der Waals surface area contributed by atoms with Crippen LogP contribution in [0.1, 0.15) is 108 Å². The summed E-state index contributed by atoms with van der Waals surface area (Å²) in [5, 5.41) is 0. The van der Waals surface area contributed by atoms with Gasteiger partial charge >= 0.3 is 6.97 Å². The molecule has 1 aromatic heterocycles. The van der Waals surface area contributed by atoms with Gasteiger partial charge in [-0.1, -0.05) is 52.4 Å². The largest absolute Gasteiger partial charge is 0.737 e. The summed E-state index contributed by atoms with van der Waals surface area (Å²) >= 11 is 0. The fraction of sp³-hybridized carbons (Fsp3) is 0.469. The molecule has 0 aliphatic carbocycles. The molecular weight excluding hydrogens is 523 g/mol. The summed E-state index contributed by atoms with van der Waals surface area (Å²) in [4.78, 5) is 26.2. The van der Waals surface area contributed by atoms with E-state index in [1.807, 2.05) is 6.92 Å². The highest BCUT2D eigenvalue weighted by Crippen LogP contribution is 2.39. The molecule has 2 amide bonds.